The van der Waals surface area contributed by atoms with E-state index >= 15 is 0 Å². The summed E-state index contributed by atoms with van der Waals surface area (Å²) in [6, 6.07) is 23.1. The van der Waals surface area contributed by atoms with Crippen LogP contribution in [0.2, 0.25) is 0 Å². The maximum atomic E-state index is 13.6. The molecule has 41 heavy (non-hydrogen) atoms. The minimum Gasteiger partial charge on any atom is -0.340 e. The molecule has 2 fully saturated rings. The molecule has 210 valence electrons. The molecule has 2 aromatic carbocycles. The average molecular weight is 547 g/mol. The number of aromatic nitrogens is 2. The van der Waals surface area contributed by atoms with E-state index in [1.807, 2.05) is 49.3 Å². The van der Waals surface area contributed by atoms with Crippen LogP contribution in [0.1, 0.15) is 57.2 Å². The molecule has 0 atom stereocenters. The molecule has 2 aromatic heterocycles. The van der Waals surface area contributed by atoms with E-state index in [9.17, 15) is 4.79 Å². The Bertz CT molecular complexity index is 1550. The molecule has 4 heterocycles. The summed E-state index contributed by atoms with van der Waals surface area (Å²) in [5.41, 5.74) is 7.48. The number of pyridine rings is 1. The molecule has 4 aromatic rings. The van der Waals surface area contributed by atoms with Gasteiger partial charge >= 0.3 is 0 Å². The Morgan fingerprint density at radius 1 is 0.878 bits per heavy atom. The first-order valence-corrected chi connectivity index (χ1v) is 14.7. The molecule has 0 saturated carbocycles. The summed E-state index contributed by atoms with van der Waals surface area (Å²) in [6.45, 7) is 9.15. The smallest absolute Gasteiger partial charge is 0.270 e. The molecule has 0 aliphatic carbocycles. The van der Waals surface area contributed by atoms with Gasteiger partial charge in [0.25, 0.3) is 5.91 Å². The van der Waals surface area contributed by atoms with E-state index in [4.69, 9.17) is 5.26 Å². The summed E-state index contributed by atoms with van der Waals surface area (Å²) in [7, 11) is 2.01. The number of fused-ring (bicyclic) bond motifs is 1. The number of amides is 1. The lowest BCUT2D eigenvalue weighted by Crippen LogP contribution is -2.48. The second-order valence-electron chi connectivity index (χ2n) is 11.6. The van der Waals surface area contributed by atoms with Gasteiger partial charge in [-0.15, -0.1) is 0 Å². The molecule has 7 nitrogen and oxygen atoms in total. The zero-order valence-electron chi connectivity index (χ0n) is 24.1. The van der Waals surface area contributed by atoms with Gasteiger partial charge in [-0.1, -0.05) is 24.3 Å². The van der Waals surface area contributed by atoms with Gasteiger partial charge in [0.2, 0.25) is 0 Å². The SMILES string of the molecule is Cc1ccc(CN2CCC(c3ccc4c(c3)cc(C(=O)N3CCN(Cc5ccc(C#N)cc5)CC3)n4C)CC2)cn1. The third-order valence-corrected chi connectivity index (χ3v) is 8.87. The number of carbonyl (C=O) groups excluding carboxylic acids is 1. The number of likely N-dealkylation sites (tertiary alicyclic amines) is 1. The van der Waals surface area contributed by atoms with Crippen LogP contribution in [-0.4, -0.2) is 69.4 Å². The molecule has 0 bridgehead atoms. The van der Waals surface area contributed by atoms with Crippen LogP contribution >= 0.6 is 0 Å². The average Bonchev–Trinajstić information content (AvgIpc) is 3.34. The summed E-state index contributed by atoms with van der Waals surface area (Å²) in [5.74, 6) is 0.664. The highest BCUT2D eigenvalue weighted by Crippen LogP contribution is 2.32. The molecule has 2 aliphatic heterocycles. The molecule has 0 unspecified atom stereocenters. The van der Waals surface area contributed by atoms with E-state index in [0.29, 0.717) is 11.5 Å². The van der Waals surface area contributed by atoms with Gasteiger partial charge in [-0.2, -0.15) is 5.26 Å². The van der Waals surface area contributed by atoms with Gasteiger partial charge in [-0.25, -0.2) is 0 Å². The summed E-state index contributed by atoms with van der Waals surface area (Å²) in [6.07, 6.45) is 4.30. The minimum atomic E-state index is 0.113. The van der Waals surface area contributed by atoms with Crippen molar-refractivity contribution in [1.82, 2.24) is 24.3 Å². The number of hydrogen-bond donors (Lipinski definition) is 0. The molecule has 2 saturated heterocycles. The molecule has 0 radical (unpaired) electrons. The van der Waals surface area contributed by atoms with E-state index in [0.717, 1.165) is 87.5 Å². The van der Waals surface area contributed by atoms with E-state index in [-0.39, 0.29) is 5.91 Å². The highest BCUT2D eigenvalue weighted by atomic mass is 16.2. The lowest BCUT2D eigenvalue weighted by Gasteiger charge is -2.34. The number of rotatable bonds is 6. The first-order valence-electron chi connectivity index (χ1n) is 14.7. The zero-order chi connectivity index (χ0) is 28.3. The number of piperazine rings is 1. The van der Waals surface area contributed by atoms with E-state index < -0.39 is 0 Å². The van der Waals surface area contributed by atoms with Crippen molar-refractivity contribution in [2.75, 3.05) is 39.3 Å². The van der Waals surface area contributed by atoms with Crippen molar-refractivity contribution in [3.05, 3.63) is 101 Å². The van der Waals surface area contributed by atoms with E-state index in [2.05, 4.69) is 61.8 Å². The molecular weight excluding hydrogens is 508 g/mol. The Kier molecular flexibility index (Phi) is 7.86. The number of nitriles is 1. The predicted molar refractivity (Wildman–Crippen MR) is 161 cm³/mol. The normalized spacial score (nSPS) is 17.1. The number of nitrogens with zero attached hydrogens (tertiary/aromatic N) is 6. The Labute approximate surface area is 242 Å². The van der Waals surface area contributed by atoms with Crippen LogP contribution in [0.15, 0.2) is 66.9 Å². The highest BCUT2D eigenvalue weighted by Gasteiger charge is 2.26. The second-order valence-corrected chi connectivity index (χ2v) is 11.6. The predicted octanol–water partition coefficient (Wildman–Crippen LogP) is 5.09. The monoisotopic (exact) mass is 546 g/mol. The van der Waals surface area contributed by atoms with E-state index in [1.54, 1.807) is 0 Å². The molecule has 7 heteroatoms. The Morgan fingerprint density at radius 3 is 2.24 bits per heavy atom. The summed E-state index contributed by atoms with van der Waals surface area (Å²) >= 11 is 0. The van der Waals surface area contributed by atoms with Gasteiger partial charge in [0.15, 0.2) is 0 Å². The quantitative estimate of drug-likeness (QED) is 0.337. The van der Waals surface area contributed by atoms with Crippen molar-refractivity contribution in [2.24, 2.45) is 7.05 Å². The first kappa shape index (κ1) is 27.2. The molecule has 1 amide bonds. The Hall–Kier alpha value is -3.99. The molecule has 6 rings (SSSR count). The van der Waals surface area contributed by atoms with Crippen molar-refractivity contribution >= 4 is 16.8 Å². The fourth-order valence-corrected chi connectivity index (χ4v) is 6.32. The van der Waals surface area contributed by atoms with Crippen LogP contribution in [0, 0.1) is 18.3 Å². The van der Waals surface area contributed by atoms with E-state index in [1.165, 1.54) is 16.7 Å². The fraction of sp³-hybridized carbons (Fsp3) is 0.382. The van der Waals surface area contributed by atoms with Crippen molar-refractivity contribution in [2.45, 2.75) is 38.8 Å². The van der Waals surface area contributed by atoms with Crippen molar-refractivity contribution < 1.29 is 4.79 Å². The van der Waals surface area contributed by atoms with Gasteiger partial charge in [0.05, 0.1) is 11.6 Å². The lowest BCUT2D eigenvalue weighted by atomic mass is 9.88. The topological polar surface area (TPSA) is 68.4 Å². The zero-order valence-corrected chi connectivity index (χ0v) is 24.1. The number of hydrogen-bond acceptors (Lipinski definition) is 5. The number of aryl methyl sites for hydroxylation is 2. The van der Waals surface area contributed by atoms with Gasteiger partial charge in [-0.05, 0) is 91.9 Å². The summed E-state index contributed by atoms with van der Waals surface area (Å²) in [4.78, 5) is 24.9. The number of piperidine rings is 1. The summed E-state index contributed by atoms with van der Waals surface area (Å²) < 4.78 is 2.06. The molecule has 2 aliphatic rings. The Balaban J connectivity index is 1.06. The lowest BCUT2D eigenvalue weighted by molar-refractivity contribution is 0.0619. The molecular formula is C34H38N6O. The maximum Gasteiger partial charge on any atom is 0.270 e. The van der Waals surface area contributed by atoms with Crippen LogP contribution < -0.4 is 0 Å². The number of carbonyl (C=O) groups is 1. The van der Waals surface area contributed by atoms with Crippen molar-refractivity contribution in [1.29, 1.82) is 5.26 Å². The second kappa shape index (κ2) is 11.9. The van der Waals surface area contributed by atoms with Gasteiger partial charge < -0.3 is 9.47 Å². The van der Waals surface area contributed by atoms with Gasteiger partial charge in [-0.3, -0.25) is 19.6 Å². The maximum absolute atomic E-state index is 13.6. The van der Waals surface area contributed by atoms with Crippen LogP contribution in [0.5, 0.6) is 0 Å². The largest absolute Gasteiger partial charge is 0.340 e. The third kappa shape index (κ3) is 6.04. The van der Waals surface area contributed by atoms with Crippen LogP contribution in [0.3, 0.4) is 0 Å². The van der Waals surface area contributed by atoms with Crippen LogP contribution in [-0.2, 0) is 20.1 Å². The van der Waals surface area contributed by atoms with Gasteiger partial charge in [0.1, 0.15) is 5.69 Å². The third-order valence-electron chi connectivity index (χ3n) is 8.87. The first-order chi connectivity index (χ1) is 20.0. The standard InChI is InChI=1S/C34H38N6O/c1-25-3-4-28(22-36-25)24-38-13-11-29(12-14-38)30-9-10-32-31(19-30)20-33(37(32)2)34(41)40-17-15-39(16-18-40)23-27-7-5-26(21-35)6-8-27/h3-10,19-20,22,29H,11-18,23-24H2,1-2H3. The van der Waals surface area contributed by atoms with Crippen LogP contribution in [0.25, 0.3) is 10.9 Å². The van der Waals surface area contributed by atoms with Crippen molar-refractivity contribution in [3.63, 3.8) is 0 Å². The molecule has 0 N–H and O–H groups in total. The molecule has 0 spiro atoms. The van der Waals surface area contributed by atoms with Crippen LogP contribution in [0.4, 0.5) is 0 Å². The Morgan fingerprint density at radius 2 is 1.56 bits per heavy atom. The highest BCUT2D eigenvalue weighted by molar-refractivity contribution is 5.99. The number of benzene rings is 2. The summed E-state index contributed by atoms with van der Waals surface area (Å²) in [5, 5.41) is 10.2. The van der Waals surface area contributed by atoms with Crippen molar-refractivity contribution in [3.8, 4) is 6.07 Å². The van der Waals surface area contributed by atoms with Gasteiger partial charge in [0, 0.05) is 69.1 Å². The fourth-order valence-electron chi connectivity index (χ4n) is 6.32. The minimum absolute atomic E-state index is 0.113.